The van der Waals surface area contributed by atoms with Crippen LogP contribution in [-0.2, 0) is 4.74 Å². The lowest BCUT2D eigenvalue weighted by molar-refractivity contribution is 0.0323. The molecule has 4 nitrogen and oxygen atoms in total. The molecule has 0 saturated carbocycles. The summed E-state index contributed by atoms with van der Waals surface area (Å²) in [6.45, 7) is 8.35. The third-order valence-electron chi connectivity index (χ3n) is 8.41. The van der Waals surface area contributed by atoms with Crippen LogP contribution in [0.4, 0.5) is 4.79 Å². The Hall–Kier alpha value is -1.03. The van der Waals surface area contributed by atoms with Gasteiger partial charge >= 0.3 is 6.09 Å². The molecule has 0 N–H and O–H groups in total. The Balaban J connectivity index is 2.15. The molecule has 1 aliphatic heterocycles. The number of carbonyl (C=O) groups excluding carboxylic acids is 1. The van der Waals surface area contributed by atoms with Gasteiger partial charge in [-0.25, -0.2) is 4.79 Å². The molecular formula is C35H68N2O2. The third kappa shape index (κ3) is 22.4. The fraction of sp³-hybridized carbons (Fsp3) is 0.914. The lowest BCUT2D eigenvalue weighted by Gasteiger charge is -2.31. The molecule has 0 unspecified atom stereocenters. The highest BCUT2D eigenvalue weighted by molar-refractivity contribution is 5.67. The van der Waals surface area contributed by atoms with Crippen LogP contribution in [-0.4, -0.2) is 55.2 Å². The van der Waals surface area contributed by atoms with Crippen LogP contribution in [0, 0.1) is 0 Å². The molecule has 230 valence electrons. The molecule has 0 aromatic heterocycles. The number of ether oxygens (including phenoxy) is 1. The van der Waals surface area contributed by atoms with Gasteiger partial charge in [-0.15, -0.1) is 0 Å². The number of unbranched alkanes of at least 4 members (excludes halogenated alkanes) is 19. The van der Waals surface area contributed by atoms with Crippen molar-refractivity contribution in [1.82, 2.24) is 9.80 Å². The predicted octanol–water partition coefficient (Wildman–Crippen LogP) is 10.7. The molecule has 0 atom stereocenters. The molecule has 0 aromatic carbocycles. The topological polar surface area (TPSA) is 32.8 Å². The molecule has 1 aliphatic rings. The van der Waals surface area contributed by atoms with Crippen molar-refractivity contribution < 1.29 is 9.53 Å². The largest absolute Gasteiger partial charge is 0.446 e. The van der Waals surface area contributed by atoms with Crippen molar-refractivity contribution in [2.24, 2.45) is 0 Å². The Morgan fingerprint density at radius 1 is 0.641 bits per heavy atom. The van der Waals surface area contributed by atoms with Gasteiger partial charge < -0.3 is 14.5 Å². The van der Waals surface area contributed by atoms with E-state index in [9.17, 15) is 4.79 Å². The number of allylic oxidation sites excluding steroid dienone is 2. The molecule has 1 rings (SSSR count). The van der Waals surface area contributed by atoms with Gasteiger partial charge in [-0.05, 0) is 58.4 Å². The maximum atomic E-state index is 13.0. The van der Waals surface area contributed by atoms with Crippen molar-refractivity contribution >= 4 is 6.09 Å². The highest BCUT2D eigenvalue weighted by Crippen LogP contribution is 2.16. The molecule has 0 aliphatic carbocycles. The van der Waals surface area contributed by atoms with Gasteiger partial charge in [-0.3, -0.25) is 0 Å². The molecule has 0 radical (unpaired) electrons. The van der Waals surface area contributed by atoms with Gasteiger partial charge in [0.2, 0.25) is 0 Å². The summed E-state index contributed by atoms with van der Waals surface area (Å²) in [5.41, 5.74) is 0. The molecular weight excluding hydrogens is 480 g/mol. The lowest BCUT2D eigenvalue weighted by Crippen LogP contribution is -2.40. The molecule has 1 heterocycles. The second kappa shape index (κ2) is 27.2. The Bertz CT molecular complexity index is 557. The Labute approximate surface area is 244 Å². The maximum absolute atomic E-state index is 13.0. The van der Waals surface area contributed by atoms with Crippen LogP contribution in [0.1, 0.15) is 168 Å². The van der Waals surface area contributed by atoms with E-state index >= 15 is 0 Å². The van der Waals surface area contributed by atoms with Gasteiger partial charge in [-0.1, -0.05) is 129 Å². The predicted molar refractivity (Wildman–Crippen MR) is 171 cm³/mol. The van der Waals surface area contributed by atoms with E-state index in [4.69, 9.17) is 4.74 Å². The van der Waals surface area contributed by atoms with E-state index < -0.39 is 0 Å². The Morgan fingerprint density at radius 3 is 1.46 bits per heavy atom. The first-order valence-electron chi connectivity index (χ1n) is 17.5. The van der Waals surface area contributed by atoms with E-state index in [0.717, 1.165) is 51.9 Å². The smallest absolute Gasteiger partial charge is 0.410 e. The monoisotopic (exact) mass is 549 g/mol. The van der Waals surface area contributed by atoms with Crippen molar-refractivity contribution in [3.05, 3.63) is 12.2 Å². The van der Waals surface area contributed by atoms with E-state index in [2.05, 4.69) is 37.9 Å². The van der Waals surface area contributed by atoms with Crippen molar-refractivity contribution in [3.63, 3.8) is 0 Å². The summed E-state index contributed by atoms with van der Waals surface area (Å²) in [5, 5.41) is 0. The van der Waals surface area contributed by atoms with Crippen molar-refractivity contribution in [2.75, 3.05) is 33.2 Å². The van der Waals surface area contributed by atoms with E-state index in [1.165, 1.54) is 128 Å². The average Bonchev–Trinajstić information content (AvgIpc) is 2.94. The number of carbonyl (C=O) groups is 1. The minimum absolute atomic E-state index is 0.0553. The van der Waals surface area contributed by atoms with E-state index in [1.807, 2.05) is 4.90 Å². The zero-order valence-electron chi connectivity index (χ0n) is 26.7. The SMILES string of the molecule is CCCCCCCCC=CCCCCCCCCN(CCCCCCCCCC)C(=O)OC1CCN(C)CC1. The highest BCUT2D eigenvalue weighted by atomic mass is 16.6. The standard InChI is InChI=1S/C35H68N2O2/c1-4-6-8-10-12-14-15-16-17-18-19-20-21-23-25-27-31-37(30-26-24-22-13-11-9-7-5-2)35(38)39-34-28-32-36(3)33-29-34/h16-17,34H,4-15,18-33H2,1-3H3. The van der Waals surface area contributed by atoms with Crippen LogP contribution >= 0.6 is 0 Å². The van der Waals surface area contributed by atoms with Crippen molar-refractivity contribution in [3.8, 4) is 0 Å². The van der Waals surface area contributed by atoms with Gasteiger partial charge in [0.25, 0.3) is 0 Å². The maximum Gasteiger partial charge on any atom is 0.410 e. The van der Waals surface area contributed by atoms with Gasteiger partial charge in [0.15, 0.2) is 0 Å². The molecule has 39 heavy (non-hydrogen) atoms. The van der Waals surface area contributed by atoms with Crippen LogP contribution in [0.25, 0.3) is 0 Å². The van der Waals surface area contributed by atoms with Gasteiger partial charge in [0.1, 0.15) is 6.10 Å². The summed E-state index contributed by atoms with van der Waals surface area (Å²) in [5.74, 6) is 0. The van der Waals surface area contributed by atoms with Crippen LogP contribution in [0.3, 0.4) is 0 Å². The lowest BCUT2D eigenvalue weighted by atomic mass is 10.1. The number of piperidine rings is 1. The average molecular weight is 549 g/mol. The van der Waals surface area contributed by atoms with Crippen LogP contribution in [0.2, 0.25) is 0 Å². The summed E-state index contributed by atoms with van der Waals surface area (Å²) in [6, 6.07) is 0. The van der Waals surface area contributed by atoms with Crippen LogP contribution in [0.5, 0.6) is 0 Å². The molecule has 0 bridgehead atoms. The molecule has 1 saturated heterocycles. The fourth-order valence-corrected chi connectivity index (χ4v) is 5.60. The Morgan fingerprint density at radius 2 is 1.03 bits per heavy atom. The first-order valence-corrected chi connectivity index (χ1v) is 17.5. The number of rotatable bonds is 26. The first-order chi connectivity index (χ1) is 19.2. The number of hydrogen-bond acceptors (Lipinski definition) is 3. The van der Waals surface area contributed by atoms with Crippen LogP contribution in [0.15, 0.2) is 12.2 Å². The van der Waals surface area contributed by atoms with Gasteiger partial charge in [-0.2, -0.15) is 0 Å². The molecule has 0 spiro atoms. The minimum atomic E-state index is -0.0553. The molecule has 1 fully saturated rings. The summed E-state index contributed by atoms with van der Waals surface area (Å²) in [4.78, 5) is 17.4. The third-order valence-corrected chi connectivity index (χ3v) is 8.41. The number of amides is 1. The number of nitrogens with zero attached hydrogens (tertiary/aromatic N) is 2. The zero-order chi connectivity index (χ0) is 28.2. The van der Waals surface area contributed by atoms with Gasteiger partial charge in [0, 0.05) is 26.2 Å². The normalized spacial score (nSPS) is 14.8. The number of hydrogen-bond donors (Lipinski definition) is 0. The van der Waals surface area contributed by atoms with Gasteiger partial charge in [0.05, 0.1) is 0 Å². The summed E-state index contributed by atoms with van der Waals surface area (Å²) >= 11 is 0. The number of likely N-dealkylation sites (tertiary alicyclic amines) is 1. The van der Waals surface area contributed by atoms with E-state index in [0.29, 0.717) is 0 Å². The summed E-state index contributed by atoms with van der Waals surface area (Å²) in [7, 11) is 2.15. The second-order valence-electron chi connectivity index (χ2n) is 12.3. The molecule has 4 heteroatoms. The minimum Gasteiger partial charge on any atom is -0.446 e. The quantitative estimate of drug-likeness (QED) is 0.0796. The highest BCUT2D eigenvalue weighted by Gasteiger charge is 2.23. The first kappa shape index (κ1) is 36.0. The van der Waals surface area contributed by atoms with Crippen molar-refractivity contribution in [1.29, 1.82) is 0 Å². The van der Waals surface area contributed by atoms with E-state index in [1.54, 1.807) is 0 Å². The Kier molecular flexibility index (Phi) is 25.1. The zero-order valence-corrected chi connectivity index (χ0v) is 26.7. The summed E-state index contributed by atoms with van der Waals surface area (Å²) in [6.07, 6.45) is 35.7. The second-order valence-corrected chi connectivity index (χ2v) is 12.3. The molecule has 0 aromatic rings. The molecule has 1 amide bonds. The van der Waals surface area contributed by atoms with Crippen molar-refractivity contribution in [2.45, 2.75) is 174 Å². The van der Waals surface area contributed by atoms with E-state index in [-0.39, 0.29) is 12.2 Å². The fourth-order valence-electron chi connectivity index (χ4n) is 5.60. The van der Waals surface area contributed by atoms with Crippen LogP contribution < -0.4 is 0 Å². The summed E-state index contributed by atoms with van der Waals surface area (Å²) < 4.78 is 5.96.